The minimum atomic E-state index is 0.642. The monoisotopic (exact) mass is 217 g/mol. The molecule has 0 aliphatic carbocycles. The lowest BCUT2D eigenvalue weighted by molar-refractivity contribution is 0.876. The Labute approximate surface area is 91.2 Å². The SMILES string of the molecule is NCCc1ncc2sc3ccccc3n12. The van der Waals surface area contributed by atoms with Gasteiger partial charge in [-0.15, -0.1) is 11.3 Å². The fourth-order valence-electron chi connectivity index (χ4n) is 1.85. The Kier molecular flexibility index (Phi) is 1.97. The predicted molar refractivity (Wildman–Crippen MR) is 63.3 cm³/mol. The molecule has 0 saturated carbocycles. The largest absolute Gasteiger partial charge is 0.330 e. The zero-order valence-corrected chi connectivity index (χ0v) is 9.00. The second-order valence-corrected chi connectivity index (χ2v) is 4.52. The van der Waals surface area contributed by atoms with Gasteiger partial charge in [-0.1, -0.05) is 12.1 Å². The number of hydrogen-bond donors (Lipinski definition) is 1. The van der Waals surface area contributed by atoms with Crippen LogP contribution in [0.25, 0.3) is 15.0 Å². The summed E-state index contributed by atoms with van der Waals surface area (Å²) in [5.74, 6) is 1.06. The lowest BCUT2D eigenvalue weighted by Crippen LogP contribution is -2.05. The molecule has 0 amide bonds. The van der Waals surface area contributed by atoms with Crippen molar-refractivity contribution in [2.75, 3.05) is 6.54 Å². The summed E-state index contributed by atoms with van der Waals surface area (Å²) in [5.41, 5.74) is 6.81. The molecule has 15 heavy (non-hydrogen) atoms. The Morgan fingerprint density at radius 1 is 1.33 bits per heavy atom. The third-order valence-corrected chi connectivity index (χ3v) is 3.55. The molecule has 1 aromatic carbocycles. The Balaban J connectivity index is 2.38. The van der Waals surface area contributed by atoms with Gasteiger partial charge in [0.25, 0.3) is 0 Å². The summed E-state index contributed by atoms with van der Waals surface area (Å²) >= 11 is 1.77. The Bertz CT molecular complexity index is 608. The van der Waals surface area contributed by atoms with Crippen molar-refractivity contribution in [3.05, 3.63) is 36.3 Å². The molecule has 0 spiro atoms. The third-order valence-electron chi connectivity index (χ3n) is 2.49. The van der Waals surface area contributed by atoms with Gasteiger partial charge in [-0.2, -0.15) is 0 Å². The molecule has 0 aliphatic heterocycles. The standard InChI is InChI=1S/C11H11N3S/c12-6-5-10-13-7-11-14(10)8-3-1-2-4-9(8)15-11/h1-4,7H,5-6,12H2. The molecule has 2 aromatic heterocycles. The summed E-state index contributed by atoms with van der Waals surface area (Å²) in [6.07, 6.45) is 2.75. The van der Waals surface area contributed by atoms with Crippen molar-refractivity contribution in [1.29, 1.82) is 0 Å². The van der Waals surface area contributed by atoms with Crippen molar-refractivity contribution in [2.24, 2.45) is 5.73 Å². The number of para-hydroxylation sites is 1. The third kappa shape index (κ3) is 1.26. The quantitative estimate of drug-likeness (QED) is 0.714. The van der Waals surface area contributed by atoms with E-state index < -0.39 is 0 Å². The molecular formula is C11H11N3S. The van der Waals surface area contributed by atoms with Crippen LogP contribution in [0.3, 0.4) is 0 Å². The highest BCUT2D eigenvalue weighted by Crippen LogP contribution is 2.27. The first-order valence-electron chi connectivity index (χ1n) is 4.94. The van der Waals surface area contributed by atoms with Crippen molar-refractivity contribution in [3.8, 4) is 0 Å². The molecule has 3 aromatic rings. The fourth-order valence-corrected chi connectivity index (χ4v) is 2.88. The highest BCUT2D eigenvalue weighted by molar-refractivity contribution is 7.23. The van der Waals surface area contributed by atoms with E-state index >= 15 is 0 Å². The molecule has 76 valence electrons. The normalized spacial score (nSPS) is 11.5. The summed E-state index contributed by atoms with van der Waals surface area (Å²) in [5, 5.41) is 0. The van der Waals surface area contributed by atoms with E-state index in [-0.39, 0.29) is 0 Å². The van der Waals surface area contributed by atoms with Gasteiger partial charge in [0.15, 0.2) is 0 Å². The molecule has 0 fully saturated rings. The van der Waals surface area contributed by atoms with Gasteiger partial charge in [0, 0.05) is 6.42 Å². The van der Waals surface area contributed by atoms with Crippen molar-refractivity contribution in [3.63, 3.8) is 0 Å². The van der Waals surface area contributed by atoms with E-state index in [0.29, 0.717) is 6.54 Å². The maximum Gasteiger partial charge on any atom is 0.120 e. The Morgan fingerprint density at radius 2 is 2.20 bits per heavy atom. The molecule has 2 heterocycles. The van der Waals surface area contributed by atoms with Crippen LogP contribution in [0.15, 0.2) is 30.5 Å². The Morgan fingerprint density at radius 3 is 3.07 bits per heavy atom. The van der Waals surface area contributed by atoms with E-state index in [1.54, 1.807) is 11.3 Å². The smallest absolute Gasteiger partial charge is 0.120 e. The number of fused-ring (bicyclic) bond motifs is 3. The molecule has 0 unspecified atom stereocenters. The predicted octanol–water partition coefficient (Wildman–Crippen LogP) is 2.05. The number of nitrogens with two attached hydrogens (primary N) is 1. The van der Waals surface area contributed by atoms with Crippen LogP contribution in [0, 0.1) is 0 Å². The highest BCUT2D eigenvalue weighted by Gasteiger charge is 2.08. The molecule has 0 aliphatic rings. The van der Waals surface area contributed by atoms with Gasteiger partial charge in [-0.3, -0.25) is 4.40 Å². The van der Waals surface area contributed by atoms with Crippen LogP contribution < -0.4 is 5.73 Å². The zero-order chi connectivity index (χ0) is 10.3. The van der Waals surface area contributed by atoms with Gasteiger partial charge < -0.3 is 5.73 Å². The van der Waals surface area contributed by atoms with Crippen molar-refractivity contribution in [1.82, 2.24) is 9.38 Å². The van der Waals surface area contributed by atoms with E-state index in [4.69, 9.17) is 5.73 Å². The molecule has 0 radical (unpaired) electrons. The topological polar surface area (TPSA) is 43.3 Å². The maximum atomic E-state index is 5.57. The highest BCUT2D eigenvalue weighted by atomic mass is 32.1. The summed E-state index contributed by atoms with van der Waals surface area (Å²) in [4.78, 5) is 5.58. The van der Waals surface area contributed by atoms with E-state index in [0.717, 1.165) is 12.2 Å². The van der Waals surface area contributed by atoms with Crippen molar-refractivity contribution < 1.29 is 0 Å². The average molecular weight is 217 g/mol. The second kappa shape index (κ2) is 3.32. The van der Waals surface area contributed by atoms with Crippen LogP contribution in [-0.2, 0) is 6.42 Å². The summed E-state index contributed by atoms with van der Waals surface area (Å²) in [6, 6.07) is 8.38. The van der Waals surface area contributed by atoms with Gasteiger partial charge in [0.2, 0.25) is 0 Å². The average Bonchev–Trinajstić information content (AvgIpc) is 2.78. The molecule has 0 bridgehead atoms. The number of benzene rings is 1. The molecule has 3 nitrogen and oxygen atoms in total. The maximum absolute atomic E-state index is 5.57. The van der Waals surface area contributed by atoms with E-state index in [2.05, 4.69) is 33.7 Å². The van der Waals surface area contributed by atoms with E-state index in [1.807, 2.05) is 6.20 Å². The zero-order valence-electron chi connectivity index (χ0n) is 8.18. The molecular weight excluding hydrogens is 206 g/mol. The molecule has 2 N–H and O–H groups in total. The van der Waals surface area contributed by atoms with Gasteiger partial charge in [-0.25, -0.2) is 4.98 Å². The van der Waals surface area contributed by atoms with Gasteiger partial charge in [0.05, 0.1) is 16.4 Å². The van der Waals surface area contributed by atoms with Crippen LogP contribution >= 0.6 is 11.3 Å². The Hall–Kier alpha value is -1.39. The first-order valence-corrected chi connectivity index (χ1v) is 5.76. The van der Waals surface area contributed by atoms with Crippen LogP contribution in [0.1, 0.15) is 5.82 Å². The van der Waals surface area contributed by atoms with Gasteiger partial charge >= 0.3 is 0 Å². The molecule has 0 atom stereocenters. The van der Waals surface area contributed by atoms with E-state index in [9.17, 15) is 0 Å². The fraction of sp³-hybridized carbons (Fsp3) is 0.182. The second-order valence-electron chi connectivity index (χ2n) is 3.46. The van der Waals surface area contributed by atoms with E-state index in [1.165, 1.54) is 15.0 Å². The number of aromatic nitrogens is 2. The number of imidazole rings is 1. The van der Waals surface area contributed by atoms with Crippen LogP contribution in [0.5, 0.6) is 0 Å². The lowest BCUT2D eigenvalue weighted by atomic mass is 10.3. The molecule has 3 rings (SSSR count). The first kappa shape index (κ1) is 8.88. The number of hydrogen-bond acceptors (Lipinski definition) is 3. The van der Waals surface area contributed by atoms with Gasteiger partial charge in [-0.05, 0) is 18.7 Å². The minimum absolute atomic E-state index is 0.642. The summed E-state index contributed by atoms with van der Waals surface area (Å²) in [6.45, 7) is 0.642. The lowest BCUT2D eigenvalue weighted by Gasteiger charge is -1.96. The van der Waals surface area contributed by atoms with Crippen LogP contribution in [0.4, 0.5) is 0 Å². The summed E-state index contributed by atoms with van der Waals surface area (Å²) < 4.78 is 3.50. The minimum Gasteiger partial charge on any atom is -0.330 e. The van der Waals surface area contributed by atoms with Crippen molar-refractivity contribution >= 4 is 26.4 Å². The molecule has 0 saturated heterocycles. The van der Waals surface area contributed by atoms with Crippen LogP contribution in [0.2, 0.25) is 0 Å². The van der Waals surface area contributed by atoms with Gasteiger partial charge in [0.1, 0.15) is 10.7 Å². The number of thiazole rings is 1. The first-order chi connectivity index (χ1) is 7.40. The number of nitrogens with zero attached hydrogens (tertiary/aromatic N) is 2. The van der Waals surface area contributed by atoms with Crippen molar-refractivity contribution in [2.45, 2.75) is 6.42 Å². The summed E-state index contributed by atoms with van der Waals surface area (Å²) in [7, 11) is 0. The molecule has 4 heteroatoms. The van der Waals surface area contributed by atoms with Crippen LogP contribution in [-0.4, -0.2) is 15.9 Å². The number of rotatable bonds is 2.